The van der Waals surface area contributed by atoms with Crippen LogP contribution in [0, 0.1) is 17.8 Å². The number of piperidine rings is 1. The van der Waals surface area contributed by atoms with Gasteiger partial charge in [-0.05, 0) is 25.3 Å². The minimum Gasteiger partial charge on any atom is -0.481 e. The number of allylic oxidation sites excluding steroid dienone is 1. The zero-order valence-electron chi connectivity index (χ0n) is 9.63. The SMILES string of the molecule is NC1C/C=C\CC2CNCC(C(=O)O)C2C1=O. The summed E-state index contributed by atoms with van der Waals surface area (Å²) >= 11 is 0. The van der Waals surface area contributed by atoms with Crippen molar-refractivity contribution in [3.63, 3.8) is 0 Å². The molecule has 1 aliphatic heterocycles. The summed E-state index contributed by atoms with van der Waals surface area (Å²) in [6, 6.07) is -0.556. The van der Waals surface area contributed by atoms with Crippen molar-refractivity contribution < 1.29 is 14.7 Å². The van der Waals surface area contributed by atoms with Crippen LogP contribution in [0.3, 0.4) is 0 Å². The minimum atomic E-state index is -0.905. The number of rotatable bonds is 1. The van der Waals surface area contributed by atoms with E-state index in [0.717, 1.165) is 6.42 Å². The predicted molar refractivity (Wildman–Crippen MR) is 62.3 cm³/mol. The Hall–Kier alpha value is -1.20. The molecule has 5 nitrogen and oxygen atoms in total. The Balaban J connectivity index is 2.28. The van der Waals surface area contributed by atoms with Crippen LogP contribution in [-0.4, -0.2) is 36.0 Å². The van der Waals surface area contributed by atoms with Crippen molar-refractivity contribution in [1.29, 1.82) is 0 Å². The second-order valence-corrected chi connectivity index (χ2v) is 4.84. The Labute approximate surface area is 100 Å². The first-order chi connectivity index (χ1) is 8.11. The van der Waals surface area contributed by atoms with Gasteiger partial charge in [0.1, 0.15) is 0 Å². The van der Waals surface area contributed by atoms with Gasteiger partial charge in [0.15, 0.2) is 5.78 Å². The number of nitrogens with one attached hydrogen (secondary N) is 1. The van der Waals surface area contributed by atoms with E-state index in [-0.39, 0.29) is 11.7 Å². The molecule has 2 aliphatic rings. The third-order valence-electron chi connectivity index (χ3n) is 3.72. The van der Waals surface area contributed by atoms with Crippen LogP contribution < -0.4 is 11.1 Å². The summed E-state index contributed by atoms with van der Waals surface area (Å²) < 4.78 is 0. The van der Waals surface area contributed by atoms with Crippen LogP contribution >= 0.6 is 0 Å². The van der Waals surface area contributed by atoms with E-state index < -0.39 is 23.8 Å². The summed E-state index contributed by atoms with van der Waals surface area (Å²) in [4.78, 5) is 23.4. The highest BCUT2D eigenvalue weighted by Gasteiger charge is 2.43. The summed E-state index contributed by atoms with van der Waals surface area (Å²) in [6.45, 7) is 1.05. The molecule has 0 radical (unpaired) electrons. The van der Waals surface area contributed by atoms with E-state index >= 15 is 0 Å². The Bertz CT molecular complexity index is 354. The molecule has 94 valence electrons. The van der Waals surface area contributed by atoms with Crippen LogP contribution in [-0.2, 0) is 9.59 Å². The highest BCUT2D eigenvalue weighted by molar-refractivity contribution is 5.90. The van der Waals surface area contributed by atoms with Gasteiger partial charge in [0.25, 0.3) is 0 Å². The molecule has 0 saturated carbocycles. The van der Waals surface area contributed by atoms with Gasteiger partial charge in [-0.15, -0.1) is 0 Å². The number of Topliss-reactive ketones (excluding diaryl/α,β-unsaturated/α-hetero) is 1. The third-order valence-corrected chi connectivity index (χ3v) is 3.72. The molecule has 17 heavy (non-hydrogen) atoms. The van der Waals surface area contributed by atoms with Crippen molar-refractivity contribution in [3.8, 4) is 0 Å². The summed E-state index contributed by atoms with van der Waals surface area (Å²) in [6.07, 6.45) is 5.20. The van der Waals surface area contributed by atoms with E-state index in [1.165, 1.54) is 0 Å². The Morgan fingerprint density at radius 1 is 1.35 bits per heavy atom. The van der Waals surface area contributed by atoms with Gasteiger partial charge in [-0.25, -0.2) is 0 Å². The van der Waals surface area contributed by atoms with Crippen molar-refractivity contribution in [1.82, 2.24) is 5.32 Å². The first-order valence-corrected chi connectivity index (χ1v) is 5.99. The van der Waals surface area contributed by atoms with Crippen molar-refractivity contribution in [2.24, 2.45) is 23.5 Å². The number of carboxylic acid groups (broad SMARTS) is 1. The van der Waals surface area contributed by atoms with Crippen LogP contribution in [0.4, 0.5) is 0 Å². The number of ketones is 1. The van der Waals surface area contributed by atoms with Crippen molar-refractivity contribution in [3.05, 3.63) is 12.2 Å². The Morgan fingerprint density at radius 2 is 2.06 bits per heavy atom. The number of hydrogen-bond acceptors (Lipinski definition) is 4. The molecule has 0 amide bonds. The maximum Gasteiger partial charge on any atom is 0.308 e. The number of carbonyl (C=O) groups excluding carboxylic acids is 1. The van der Waals surface area contributed by atoms with E-state index in [9.17, 15) is 14.7 Å². The van der Waals surface area contributed by atoms with Gasteiger partial charge >= 0.3 is 5.97 Å². The zero-order valence-corrected chi connectivity index (χ0v) is 9.63. The molecule has 1 saturated heterocycles. The molecule has 0 aromatic carbocycles. The van der Waals surface area contributed by atoms with Crippen LogP contribution in [0.5, 0.6) is 0 Å². The second kappa shape index (κ2) is 4.98. The Morgan fingerprint density at radius 3 is 2.76 bits per heavy atom. The van der Waals surface area contributed by atoms with Gasteiger partial charge in [0, 0.05) is 12.5 Å². The average Bonchev–Trinajstić information content (AvgIpc) is 2.31. The summed E-state index contributed by atoms with van der Waals surface area (Å²) in [7, 11) is 0. The van der Waals surface area contributed by atoms with Gasteiger partial charge < -0.3 is 16.2 Å². The maximum atomic E-state index is 12.2. The molecule has 5 heteroatoms. The van der Waals surface area contributed by atoms with Crippen molar-refractivity contribution >= 4 is 11.8 Å². The number of nitrogens with two attached hydrogens (primary N) is 1. The number of fused-ring (bicyclic) bond motifs is 1. The van der Waals surface area contributed by atoms with Gasteiger partial charge in [-0.3, -0.25) is 9.59 Å². The average molecular weight is 238 g/mol. The van der Waals surface area contributed by atoms with Crippen LogP contribution in [0.2, 0.25) is 0 Å². The molecule has 4 atom stereocenters. The molecular weight excluding hydrogens is 220 g/mol. The third kappa shape index (κ3) is 2.40. The zero-order chi connectivity index (χ0) is 12.4. The molecule has 1 aliphatic carbocycles. The molecule has 1 fully saturated rings. The lowest BCUT2D eigenvalue weighted by molar-refractivity contribution is -0.149. The standard InChI is InChI=1S/C12H18N2O3/c13-9-4-2-1-3-7-5-14-6-8(12(16)17)10(7)11(9)15/h1-2,7-10,14H,3-6,13H2,(H,16,17)/b2-1-. The van der Waals surface area contributed by atoms with Crippen LogP contribution in [0.25, 0.3) is 0 Å². The molecule has 4 unspecified atom stereocenters. The smallest absolute Gasteiger partial charge is 0.308 e. The van der Waals surface area contributed by atoms with Crippen LogP contribution in [0.15, 0.2) is 12.2 Å². The maximum absolute atomic E-state index is 12.2. The molecule has 0 aromatic rings. The van der Waals surface area contributed by atoms with Crippen molar-refractivity contribution in [2.45, 2.75) is 18.9 Å². The van der Waals surface area contributed by atoms with Crippen molar-refractivity contribution in [2.75, 3.05) is 13.1 Å². The van der Waals surface area contributed by atoms with E-state index in [1.807, 2.05) is 12.2 Å². The van der Waals surface area contributed by atoms with Gasteiger partial charge in [-0.1, -0.05) is 12.2 Å². The number of aliphatic carboxylic acids is 1. The first-order valence-electron chi connectivity index (χ1n) is 5.99. The van der Waals surface area contributed by atoms with E-state index in [1.54, 1.807) is 0 Å². The minimum absolute atomic E-state index is 0.0555. The fraction of sp³-hybridized carbons (Fsp3) is 0.667. The number of hydrogen-bond donors (Lipinski definition) is 3. The number of carboxylic acids is 1. The summed E-state index contributed by atoms with van der Waals surface area (Å²) in [5.74, 6) is -2.02. The lowest BCUT2D eigenvalue weighted by Gasteiger charge is -2.37. The second-order valence-electron chi connectivity index (χ2n) is 4.84. The van der Waals surface area contributed by atoms with E-state index in [2.05, 4.69) is 5.32 Å². The highest BCUT2D eigenvalue weighted by Crippen LogP contribution is 2.31. The summed E-state index contributed by atoms with van der Waals surface area (Å²) in [5, 5.41) is 12.3. The lowest BCUT2D eigenvalue weighted by atomic mass is 9.71. The van der Waals surface area contributed by atoms with Gasteiger partial charge in [0.05, 0.1) is 12.0 Å². The van der Waals surface area contributed by atoms with Gasteiger partial charge in [-0.2, -0.15) is 0 Å². The molecule has 2 rings (SSSR count). The fourth-order valence-corrected chi connectivity index (χ4v) is 2.79. The normalized spacial score (nSPS) is 39.9. The highest BCUT2D eigenvalue weighted by atomic mass is 16.4. The quantitative estimate of drug-likeness (QED) is 0.549. The molecule has 1 heterocycles. The molecule has 0 aromatic heterocycles. The first kappa shape index (κ1) is 12.3. The predicted octanol–water partition coefficient (Wildman–Crippen LogP) is -0.231. The molecular formula is C12H18N2O3. The number of carbonyl (C=O) groups is 2. The summed E-state index contributed by atoms with van der Waals surface area (Å²) in [5.41, 5.74) is 5.80. The van der Waals surface area contributed by atoms with E-state index in [4.69, 9.17) is 5.73 Å². The molecule has 0 bridgehead atoms. The fourth-order valence-electron chi connectivity index (χ4n) is 2.79. The lowest BCUT2D eigenvalue weighted by Crippen LogP contribution is -2.53. The Kier molecular flexibility index (Phi) is 3.59. The largest absolute Gasteiger partial charge is 0.481 e. The molecule has 0 spiro atoms. The molecule has 4 N–H and O–H groups in total. The van der Waals surface area contributed by atoms with Crippen LogP contribution in [0.1, 0.15) is 12.8 Å². The monoisotopic (exact) mass is 238 g/mol. The topological polar surface area (TPSA) is 92.4 Å². The van der Waals surface area contributed by atoms with E-state index in [0.29, 0.717) is 19.5 Å². The van der Waals surface area contributed by atoms with Gasteiger partial charge in [0.2, 0.25) is 0 Å².